The number of amides is 1. The van der Waals surface area contributed by atoms with Gasteiger partial charge in [-0.2, -0.15) is 0 Å². The van der Waals surface area contributed by atoms with Gasteiger partial charge in [-0.25, -0.2) is 9.37 Å². The number of nitrogens with one attached hydrogen (secondary N) is 2. The summed E-state index contributed by atoms with van der Waals surface area (Å²) >= 11 is 0. The molecule has 0 radical (unpaired) electrons. The second-order valence-corrected chi connectivity index (χ2v) is 6.60. The van der Waals surface area contributed by atoms with Gasteiger partial charge >= 0.3 is 0 Å². The predicted octanol–water partition coefficient (Wildman–Crippen LogP) is 3.61. The molecule has 4 rings (SSSR count). The minimum atomic E-state index is -0.263. The Bertz CT molecular complexity index is 905. The summed E-state index contributed by atoms with van der Waals surface area (Å²) in [5.41, 5.74) is 3.25. The molecule has 1 aliphatic rings. The van der Waals surface area contributed by atoms with Gasteiger partial charge in [-0.1, -0.05) is 6.92 Å². The zero-order chi connectivity index (χ0) is 17.4. The molecular weight excluding hydrogens is 319 g/mol. The molecule has 3 aromatic rings. The molecule has 0 atom stereocenters. The van der Waals surface area contributed by atoms with Gasteiger partial charge in [0.25, 0.3) is 5.91 Å². The summed E-state index contributed by atoms with van der Waals surface area (Å²) in [5.74, 6) is 0.959. The molecule has 1 amide bonds. The smallest absolute Gasteiger partial charge is 0.270 e. The van der Waals surface area contributed by atoms with Crippen molar-refractivity contribution >= 4 is 16.9 Å². The molecule has 130 valence electrons. The number of likely N-dealkylation sites (tertiary alicyclic amines) is 1. The van der Waals surface area contributed by atoms with Crippen LogP contribution in [0.3, 0.4) is 0 Å². The molecule has 0 saturated carbocycles. The standard InChI is InChI=1S/C19H21FN4O/c1-2-14-4-6-16(21-14)19(25)24-9-7-12(8-10-24)18-22-15-5-3-13(20)11-17(15)23-18/h3-6,11-12,21H,2,7-10H2,1H3,(H,22,23). The van der Waals surface area contributed by atoms with E-state index in [0.29, 0.717) is 18.8 Å². The van der Waals surface area contributed by atoms with Crippen LogP contribution in [0.4, 0.5) is 4.39 Å². The molecule has 1 saturated heterocycles. The first kappa shape index (κ1) is 15.9. The number of carbonyl (C=O) groups is 1. The Labute approximate surface area is 145 Å². The lowest BCUT2D eigenvalue weighted by molar-refractivity contribution is 0.0706. The van der Waals surface area contributed by atoms with Crippen LogP contribution in [0.1, 0.15) is 47.7 Å². The molecule has 2 N–H and O–H groups in total. The quantitative estimate of drug-likeness (QED) is 0.765. The third kappa shape index (κ3) is 3.04. The lowest BCUT2D eigenvalue weighted by atomic mass is 9.96. The maximum absolute atomic E-state index is 13.3. The van der Waals surface area contributed by atoms with Crippen molar-refractivity contribution in [3.05, 3.63) is 53.4 Å². The number of H-pyrrole nitrogens is 2. The van der Waals surface area contributed by atoms with Crippen LogP contribution < -0.4 is 0 Å². The van der Waals surface area contributed by atoms with E-state index in [4.69, 9.17) is 0 Å². The number of aromatic amines is 2. The van der Waals surface area contributed by atoms with Crippen molar-refractivity contribution in [1.82, 2.24) is 19.9 Å². The topological polar surface area (TPSA) is 64.8 Å². The van der Waals surface area contributed by atoms with Crippen LogP contribution in [0.25, 0.3) is 11.0 Å². The van der Waals surface area contributed by atoms with Gasteiger partial charge in [-0.15, -0.1) is 0 Å². The van der Waals surface area contributed by atoms with Crippen LogP contribution >= 0.6 is 0 Å². The van der Waals surface area contributed by atoms with Gasteiger partial charge < -0.3 is 14.9 Å². The highest BCUT2D eigenvalue weighted by atomic mass is 19.1. The normalized spacial score (nSPS) is 15.8. The van der Waals surface area contributed by atoms with Crippen LogP contribution in [-0.4, -0.2) is 38.8 Å². The Morgan fingerprint density at radius 2 is 2.04 bits per heavy atom. The van der Waals surface area contributed by atoms with Crippen molar-refractivity contribution in [3.63, 3.8) is 0 Å². The fraction of sp³-hybridized carbons (Fsp3) is 0.368. The summed E-state index contributed by atoms with van der Waals surface area (Å²) in [7, 11) is 0. The monoisotopic (exact) mass is 340 g/mol. The number of rotatable bonds is 3. The summed E-state index contributed by atoms with van der Waals surface area (Å²) in [6.45, 7) is 3.47. The Balaban J connectivity index is 1.44. The Morgan fingerprint density at radius 1 is 1.24 bits per heavy atom. The number of nitrogens with zero attached hydrogens (tertiary/aromatic N) is 2. The fourth-order valence-electron chi connectivity index (χ4n) is 3.49. The number of benzene rings is 1. The van der Waals surface area contributed by atoms with E-state index >= 15 is 0 Å². The third-order valence-corrected chi connectivity index (χ3v) is 4.99. The number of imidazole rings is 1. The molecule has 1 fully saturated rings. The molecule has 0 bridgehead atoms. The first-order valence-electron chi connectivity index (χ1n) is 8.76. The van der Waals surface area contributed by atoms with Crippen LogP contribution in [-0.2, 0) is 6.42 Å². The number of hydrogen-bond acceptors (Lipinski definition) is 2. The van der Waals surface area contributed by atoms with Crippen molar-refractivity contribution < 1.29 is 9.18 Å². The van der Waals surface area contributed by atoms with Crippen LogP contribution in [0, 0.1) is 5.82 Å². The maximum atomic E-state index is 13.3. The minimum Gasteiger partial charge on any atom is -0.354 e. The molecule has 1 aliphatic heterocycles. The number of hydrogen-bond donors (Lipinski definition) is 2. The summed E-state index contributed by atoms with van der Waals surface area (Å²) in [6.07, 6.45) is 2.60. The lowest BCUT2D eigenvalue weighted by Crippen LogP contribution is -2.38. The molecular formula is C19H21FN4O. The highest BCUT2D eigenvalue weighted by Gasteiger charge is 2.27. The molecule has 0 unspecified atom stereocenters. The Morgan fingerprint density at radius 3 is 2.76 bits per heavy atom. The van der Waals surface area contributed by atoms with Crippen LogP contribution in [0.5, 0.6) is 0 Å². The third-order valence-electron chi connectivity index (χ3n) is 4.99. The minimum absolute atomic E-state index is 0.0600. The van der Waals surface area contributed by atoms with E-state index in [2.05, 4.69) is 21.9 Å². The highest BCUT2D eigenvalue weighted by molar-refractivity contribution is 5.92. The lowest BCUT2D eigenvalue weighted by Gasteiger charge is -2.30. The Kier molecular flexibility index (Phi) is 4.03. The summed E-state index contributed by atoms with van der Waals surface area (Å²) in [5, 5.41) is 0. The SMILES string of the molecule is CCc1ccc(C(=O)N2CCC(c3nc4ccc(F)cc4[nH]3)CC2)[nH]1. The van der Waals surface area contributed by atoms with Gasteiger partial charge in [0.15, 0.2) is 0 Å². The molecule has 6 heteroatoms. The first-order valence-corrected chi connectivity index (χ1v) is 8.76. The first-order chi connectivity index (χ1) is 12.1. The number of piperidine rings is 1. The second-order valence-electron chi connectivity index (χ2n) is 6.60. The van der Waals surface area contributed by atoms with Gasteiger partial charge in [0.1, 0.15) is 17.3 Å². The van der Waals surface area contributed by atoms with E-state index in [0.717, 1.165) is 41.8 Å². The summed E-state index contributed by atoms with van der Waals surface area (Å²) in [4.78, 5) is 25.5. The van der Waals surface area contributed by atoms with E-state index in [9.17, 15) is 9.18 Å². The van der Waals surface area contributed by atoms with Gasteiger partial charge in [-0.3, -0.25) is 4.79 Å². The zero-order valence-corrected chi connectivity index (χ0v) is 14.2. The number of aryl methyl sites for hydroxylation is 1. The van der Waals surface area contributed by atoms with Crippen molar-refractivity contribution in [3.8, 4) is 0 Å². The van der Waals surface area contributed by atoms with E-state index in [1.54, 1.807) is 6.07 Å². The predicted molar refractivity (Wildman–Crippen MR) is 94.1 cm³/mol. The molecule has 2 aromatic heterocycles. The number of carbonyl (C=O) groups excluding carboxylic acids is 1. The Hall–Kier alpha value is -2.63. The number of aromatic nitrogens is 3. The number of fused-ring (bicyclic) bond motifs is 1. The van der Waals surface area contributed by atoms with Gasteiger partial charge in [0.05, 0.1) is 11.0 Å². The molecule has 3 heterocycles. The fourth-order valence-corrected chi connectivity index (χ4v) is 3.49. The second kappa shape index (κ2) is 6.35. The van der Waals surface area contributed by atoms with E-state index in [1.165, 1.54) is 12.1 Å². The van der Waals surface area contributed by atoms with Crippen LogP contribution in [0.2, 0.25) is 0 Å². The van der Waals surface area contributed by atoms with E-state index in [1.807, 2.05) is 17.0 Å². The summed E-state index contributed by atoms with van der Waals surface area (Å²) < 4.78 is 13.3. The molecule has 0 spiro atoms. The average molecular weight is 340 g/mol. The highest BCUT2D eigenvalue weighted by Crippen LogP contribution is 2.28. The van der Waals surface area contributed by atoms with Gasteiger partial charge in [-0.05, 0) is 49.6 Å². The maximum Gasteiger partial charge on any atom is 0.270 e. The van der Waals surface area contributed by atoms with Crippen molar-refractivity contribution in [2.75, 3.05) is 13.1 Å². The number of halogens is 1. The van der Waals surface area contributed by atoms with Crippen molar-refractivity contribution in [1.29, 1.82) is 0 Å². The molecule has 25 heavy (non-hydrogen) atoms. The molecule has 5 nitrogen and oxygen atoms in total. The summed E-state index contributed by atoms with van der Waals surface area (Å²) in [6, 6.07) is 8.42. The van der Waals surface area contributed by atoms with E-state index < -0.39 is 0 Å². The molecule has 1 aromatic carbocycles. The van der Waals surface area contributed by atoms with Crippen molar-refractivity contribution in [2.45, 2.75) is 32.1 Å². The average Bonchev–Trinajstić information content (AvgIpc) is 3.27. The molecule has 0 aliphatic carbocycles. The van der Waals surface area contributed by atoms with Crippen LogP contribution in [0.15, 0.2) is 30.3 Å². The van der Waals surface area contributed by atoms with Gasteiger partial charge in [0.2, 0.25) is 0 Å². The van der Waals surface area contributed by atoms with Gasteiger partial charge in [0, 0.05) is 24.7 Å². The van der Waals surface area contributed by atoms with Crippen molar-refractivity contribution in [2.24, 2.45) is 0 Å². The largest absolute Gasteiger partial charge is 0.354 e. The zero-order valence-electron chi connectivity index (χ0n) is 14.2. The van der Waals surface area contributed by atoms with E-state index in [-0.39, 0.29) is 17.6 Å².